The van der Waals surface area contributed by atoms with E-state index in [0.29, 0.717) is 10.8 Å². The molecule has 1 rings (SSSR count). The maximum Gasteiger partial charge on any atom is 0.212 e. The summed E-state index contributed by atoms with van der Waals surface area (Å²) in [4.78, 5) is 4.27. The highest BCUT2D eigenvalue weighted by atomic mass is 32.2. The van der Waals surface area contributed by atoms with Gasteiger partial charge < -0.3 is 4.74 Å². The molecule has 1 heterocycles. The molecular formula is C6H6FNOS. The number of nitrogens with zero attached hydrogens (tertiary/aromatic N) is 1. The number of halogens is 1. The fourth-order valence-corrected chi connectivity index (χ4v) is 0.745. The van der Waals surface area contributed by atoms with Crippen LogP contribution in [0.3, 0.4) is 0 Å². The minimum atomic E-state index is 0.170. The maximum absolute atomic E-state index is 11.8. The Bertz CT molecular complexity index is 178. The van der Waals surface area contributed by atoms with Gasteiger partial charge in [-0.25, -0.2) is 4.98 Å². The summed E-state index contributed by atoms with van der Waals surface area (Å²) in [5.41, 5.74) is 0. The monoisotopic (exact) mass is 159 g/mol. The van der Waals surface area contributed by atoms with Crippen molar-refractivity contribution >= 4 is 12.1 Å². The summed E-state index contributed by atoms with van der Waals surface area (Å²) in [6, 6.07) is 3.22. The Labute approximate surface area is 62.7 Å². The molecule has 4 heteroatoms. The van der Waals surface area contributed by atoms with Crippen LogP contribution in [0.1, 0.15) is 0 Å². The van der Waals surface area contributed by atoms with Crippen molar-refractivity contribution in [2.75, 3.05) is 7.11 Å². The molecule has 1 aromatic rings. The largest absolute Gasteiger partial charge is 0.481 e. The van der Waals surface area contributed by atoms with Gasteiger partial charge in [-0.1, -0.05) is 0 Å². The van der Waals surface area contributed by atoms with E-state index in [1.165, 1.54) is 13.3 Å². The van der Waals surface area contributed by atoms with E-state index in [9.17, 15) is 3.89 Å². The Kier molecular flexibility index (Phi) is 2.50. The van der Waals surface area contributed by atoms with Gasteiger partial charge in [0.1, 0.15) is 0 Å². The normalized spacial score (nSPS) is 9.40. The summed E-state index contributed by atoms with van der Waals surface area (Å²) >= 11 is 0.170. The zero-order valence-electron chi connectivity index (χ0n) is 5.37. The van der Waals surface area contributed by atoms with E-state index in [2.05, 4.69) is 4.98 Å². The van der Waals surface area contributed by atoms with Gasteiger partial charge in [-0.15, -0.1) is 0 Å². The highest BCUT2D eigenvalue weighted by molar-refractivity contribution is 7.94. The molecular weight excluding hydrogens is 153 g/mol. The topological polar surface area (TPSA) is 22.1 Å². The summed E-state index contributed by atoms with van der Waals surface area (Å²) in [6.45, 7) is 0. The fourth-order valence-electron chi connectivity index (χ4n) is 0.533. The molecule has 0 radical (unpaired) electrons. The summed E-state index contributed by atoms with van der Waals surface area (Å²) in [5.74, 6) is 0.498. The molecule has 2 nitrogen and oxygen atoms in total. The van der Waals surface area contributed by atoms with E-state index in [4.69, 9.17) is 4.74 Å². The minimum absolute atomic E-state index is 0.170. The van der Waals surface area contributed by atoms with Crippen LogP contribution in [-0.4, -0.2) is 12.1 Å². The molecule has 0 fully saturated rings. The lowest BCUT2D eigenvalue weighted by molar-refractivity contribution is 0.397. The van der Waals surface area contributed by atoms with Gasteiger partial charge in [0, 0.05) is 12.3 Å². The lowest BCUT2D eigenvalue weighted by Gasteiger charge is -1.96. The highest BCUT2D eigenvalue weighted by Gasteiger charge is 1.93. The number of hydrogen-bond donors (Lipinski definition) is 0. The smallest absolute Gasteiger partial charge is 0.212 e. The van der Waals surface area contributed by atoms with E-state index in [0.717, 1.165) is 0 Å². The highest BCUT2D eigenvalue weighted by Crippen LogP contribution is 2.18. The van der Waals surface area contributed by atoms with E-state index in [1.54, 1.807) is 12.1 Å². The second-order valence-corrected chi connectivity index (χ2v) is 2.24. The molecule has 0 spiro atoms. The van der Waals surface area contributed by atoms with Crippen molar-refractivity contribution < 1.29 is 8.62 Å². The summed E-state index contributed by atoms with van der Waals surface area (Å²) in [5, 5.41) is 0. The van der Waals surface area contributed by atoms with E-state index >= 15 is 0 Å². The molecule has 0 unspecified atom stereocenters. The van der Waals surface area contributed by atoms with Crippen LogP contribution in [0, 0.1) is 0 Å². The lowest BCUT2D eigenvalue weighted by Crippen LogP contribution is -1.85. The molecule has 0 aliphatic carbocycles. The molecule has 54 valence electrons. The first kappa shape index (κ1) is 7.34. The molecule has 10 heavy (non-hydrogen) atoms. The van der Waals surface area contributed by atoms with Crippen LogP contribution >= 0.6 is 12.1 Å². The van der Waals surface area contributed by atoms with Crippen molar-refractivity contribution in [1.82, 2.24) is 4.98 Å². The number of rotatable bonds is 2. The Hall–Kier alpha value is -0.770. The third-order valence-electron chi connectivity index (χ3n) is 1.01. The van der Waals surface area contributed by atoms with Gasteiger partial charge in [-0.3, -0.25) is 0 Å². The minimum Gasteiger partial charge on any atom is -0.481 e. The van der Waals surface area contributed by atoms with Crippen LogP contribution in [0.25, 0.3) is 0 Å². The quantitative estimate of drug-likeness (QED) is 0.659. The zero-order valence-corrected chi connectivity index (χ0v) is 6.19. The number of pyridine rings is 1. The van der Waals surface area contributed by atoms with Crippen LogP contribution in [0.15, 0.2) is 23.2 Å². The van der Waals surface area contributed by atoms with Gasteiger partial charge in [0.2, 0.25) is 5.88 Å². The van der Waals surface area contributed by atoms with Crippen molar-refractivity contribution in [3.05, 3.63) is 18.3 Å². The third kappa shape index (κ3) is 1.60. The van der Waals surface area contributed by atoms with Crippen LogP contribution < -0.4 is 4.74 Å². The van der Waals surface area contributed by atoms with Gasteiger partial charge in [0.15, 0.2) is 0 Å². The van der Waals surface area contributed by atoms with Crippen LogP contribution in [0.5, 0.6) is 5.88 Å². The van der Waals surface area contributed by atoms with Gasteiger partial charge in [-0.05, 0) is 6.07 Å². The third-order valence-corrected chi connectivity index (χ3v) is 1.43. The van der Waals surface area contributed by atoms with E-state index in [-0.39, 0.29) is 12.1 Å². The first-order chi connectivity index (χ1) is 4.86. The van der Waals surface area contributed by atoms with Gasteiger partial charge >= 0.3 is 0 Å². The van der Waals surface area contributed by atoms with Crippen molar-refractivity contribution in [3.63, 3.8) is 0 Å². The first-order valence-corrected chi connectivity index (χ1v) is 3.37. The van der Waals surface area contributed by atoms with Crippen LogP contribution in [-0.2, 0) is 0 Å². The predicted octanol–water partition coefficient (Wildman–Crippen LogP) is 2.07. The molecule has 0 aromatic carbocycles. The molecule has 0 atom stereocenters. The number of ether oxygens (including phenoxy) is 1. The molecule has 0 bridgehead atoms. The molecule has 0 N–H and O–H groups in total. The molecule has 1 aromatic heterocycles. The van der Waals surface area contributed by atoms with Crippen molar-refractivity contribution in [2.24, 2.45) is 0 Å². The molecule has 0 amide bonds. The second-order valence-electron chi connectivity index (χ2n) is 1.61. The lowest BCUT2D eigenvalue weighted by atomic mass is 10.5. The standard InChI is InChI=1S/C6H6FNOS/c1-9-6-3-2-5(10-7)4-8-6/h2-4H,1H3. The summed E-state index contributed by atoms with van der Waals surface area (Å²) < 4.78 is 16.6. The van der Waals surface area contributed by atoms with Crippen LogP contribution in [0.2, 0.25) is 0 Å². The first-order valence-electron chi connectivity index (χ1n) is 2.65. The van der Waals surface area contributed by atoms with E-state index in [1.807, 2.05) is 0 Å². The van der Waals surface area contributed by atoms with Crippen molar-refractivity contribution in [1.29, 1.82) is 0 Å². The average molecular weight is 159 g/mol. The van der Waals surface area contributed by atoms with Crippen LogP contribution in [0.4, 0.5) is 3.89 Å². The molecule has 0 saturated carbocycles. The number of hydrogen-bond acceptors (Lipinski definition) is 3. The number of aromatic nitrogens is 1. The summed E-state index contributed by atoms with van der Waals surface area (Å²) in [7, 11) is 1.52. The van der Waals surface area contributed by atoms with Gasteiger partial charge in [0.25, 0.3) is 0 Å². The van der Waals surface area contributed by atoms with Gasteiger partial charge in [0.05, 0.1) is 24.2 Å². The molecule has 0 aliphatic rings. The average Bonchev–Trinajstić information content (AvgIpc) is 2.05. The van der Waals surface area contributed by atoms with Crippen molar-refractivity contribution in [2.45, 2.75) is 4.90 Å². The molecule has 0 saturated heterocycles. The Balaban J connectivity index is 2.80. The van der Waals surface area contributed by atoms with Crippen molar-refractivity contribution in [3.8, 4) is 5.88 Å². The maximum atomic E-state index is 11.8. The molecule has 0 aliphatic heterocycles. The summed E-state index contributed by atoms with van der Waals surface area (Å²) in [6.07, 6.45) is 1.42. The number of methoxy groups -OCH3 is 1. The zero-order chi connectivity index (χ0) is 7.40. The Morgan fingerprint density at radius 1 is 1.60 bits per heavy atom. The predicted molar refractivity (Wildman–Crippen MR) is 37.8 cm³/mol. The fraction of sp³-hybridized carbons (Fsp3) is 0.167. The Morgan fingerprint density at radius 2 is 2.40 bits per heavy atom. The Morgan fingerprint density at radius 3 is 2.80 bits per heavy atom. The van der Waals surface area contributed by atoms with Gasteiger partial charge in [-0.2, -0.15) is 3.89 Å². The SMILES string of the molecule is COc1ccc(SF)cn1. The second kappa shape index (κ2) is 3.41. The van der Waals surface area contributed by atoms with E-state index < -0.39 is 0 Å².